The number of hydrogen-bond acceptors (Lipinski definition) is 4. The van der Waals surface area contributed by atoms with Crippen LogP contribution >= 0.6 is 11.6 Å². The van der Waals surface area contributed by atoms with Gasteiger partial charge in [-0.05, 0) is 37.5 Å². The standard InChI is InChI=1S/C17H21ClN4O2/c1-2-14-15(21-24-16(14)19)11-6-8-22(9-7-11)17(23)20-13-5-3-4-12(18)10-13/h3-5,10-11H,2,6-9,19H2,1H3,(H,20,23). The molecule has 1 aliphatic rings. The molecule has 0 radical (unpaired) electrons. The van der Waals surface area contributed by atoms with Crippen molar-refractivity contribution in [1.82, 2.24) is 10.1 Å². The number of halogens is 1. The SMILES string of the molecule is CCc1c(C2CCN(C(=O)Nc3cccc(Cl)c3)CC2)noc1N. The molecule has 6 nitrogen and oxygen atoms in total. The fourth-order valence-electron chi connectivity index (χ4n) is 3.14. The van der Waals surface area contributed by atoms with Crippen molar-refractivity contribution < 1.29 is 9.32 Å². The minimum atomic E-state index is -0.105. The number of nitrogen functional groups attached to an aromatic ring is 1. The van der Waals surface area contributed by atoms with Crippen LogP contribution in [0.1, 0.15) is 36.9 Å². The van der Waals surface area contributed by atoms with Crippen LogP contribution in [0.4, 0.5) is 16.4 Å². The summed E-state index contributed by atoms with van der Waals surface area (Å²) in [5.74, 6) is 0.699. The summed E-state index contributed by atoms with van der Waals surface area (Å²) < 4.78 is 5.13. The highest BCUT2D eigenvalue weighted by molar-refractivity contribution is 6.30. The molecular weight excluding hydrogens is 328 g/mol. The van der Waals surface area contributed by atoms with Crippen LogP contribution in [-0.4, -0.2) is 29.2 Å². The van der Waals surface area contributed by atoms with Crippen molar-refractivity contribution in [2.75, 3.05) is 24.1 Å². The normalized spacial score (nSPS) is 15.5. The largest absolute Gasteiger partial charge is 0.367 e. The molecule has 2 amide bonds. The van der Waals surface area contributed by atoms with Crippen LogP contribution in [0.5, 0.6) is 0 Å². The summed E-state index contributed by atoms with van der Waals surface area (Å²) in [5.41, 5.74) is 8.46. The number of hydrogen-bond donors (Lipinski definition) is 2. The first kappa shape index (κ1) is 16.6. The number of aromatic nitrogens is 1. The minimum absolute atomic E-state index is 0.105. The van der Waals surface area contributed by atoms with E-state index in [1.165, 1.54) is 0 Å². The van der Waals surface area contributed by atoms with Gasteiger partial charge < -0.3 is 20.5 Å². The number of urea groups is 1. The predicted octanol–water partition coefficient (Wildman–Crippen LogP) is 3.88. The molecule has 0 atom stereocenters. The van der Waals surface area contributed by atoms with Gasteiger partial charge >= 0.3 is 6.03 Å². The van der Waals surface area contributed by atoms with Gasteiger partial charge in [-0.1, -0.05) is 29.7 Å². The van der Waals surface area contributed by atoms with Crippen molar-refractivity contribution >= 4 is 29.2 Å². The topological polar surface area (TPSA) is 84.4 Å². The van der Waals surface area contributed by atoms with Crippen LogP contribution < -0.4 is 11.1 Å². The number of piperidine rings is 1. The maximum Gasteiger partial charge on any atom is 0.321 e. The van der Waals surface area contributed by atoms with E-state index in [0.717, 1.165) is 30.5 Å². The summed E-state index contributed by atoms with van der Waals surface area (Å²) in [6, 6.07) is 7.04. The van der Waals surface area contributed by atoms with Crippen molar-refractivity contribution in [1.29, 1.82) is 0 Å². The molecule has 0 spiro atoms. The Bertz CT molecular complexity index is 723. The molecule has 128 valence electrons. The lowest BCUT2D eigenvalue weighted by Crippen LogP contribution is -2.40. The van der Waals surface area contributed by atoms with E-state index in [2.05, 4.69) is 10.5 Å². The van der Waals surface area contributed by atoms with E-state index in [4.69, 9.17) is 21.9 Å². The van der Waals surface area contributed by atoms with E-state index in [-0.39, 0.29) is 11.9 Å². The highest BCUT2D eigenvalue weighted by Gasteiger charge is 2.28. The minimum Gasteiger partial charge on any atom is -0.367 e. The van der Waals surface area contributed by atoms with E-state index >= 15 is 0 Å². The van der Waals surface area contributed by atoms with Gasteiger partial charge in [0.25, 0.3) is 0 Å². The Balaban J connectivity index is 1.59. The van der Waals surface area contributed by atoms with Gasteiger partial charge in [0.1, 0.15) is 0 Å². The number of carbonyl (C=O) groups is 1. The zero-order valence-electron chi connectivity index (χ0n) is 13.6. The lowest BCUT2D eigenvalue weighted by atomic mass is 9.90. The van der Waals surface area contributed by atoms with Crippen molar-refractivity contribution in [3.05, 3.63) is 40.5 Å². The Labute approximate surface area is 145 Å². The van der Waals surface area contributed by atoms with E-state index < -0.39 is 0 Å². The molecule has 24 heavy (non-hydrogen) atoms. The number of amides is 2. The first-order chi connectivity index (χ1) is 11.6. The van der Waals surface area contributed by atoms with Crippen molar-refractivity contribution in [2.24, 2.45) is 0 Å². The van der Waals surface area contributed by atoms with Gasteiger partial charge in [0.15, 0.2) is 0 Å². The number of rotatable bonds is 3. The van der Waals surface area contributed by atoms with Crippen LogP contribution in [0.2, 0.25) is 5.02 Å². The van der Waals surface area contributed by atoms with Crippen molar-refractivity contribution in [3.63, 3.8) is 0 Å². The van der Waals surface area contributed by atoms with E-state index in [1.807, 2.05) is 24.0 Å². The molecule has 2 heterocycles. The lowest BCUT2D eigenvalue weighted by molar-refractivity contribution is 0.193. The van der Waals surface area contributed by atoms with Gasteiger partial charge in [-0.2, -0.15) is 0 Å². The number of nitrogens with two attached hydrogens (primary N) is 1. The summed E-state index contributed by atoms with van der Waals surface area (Å²) in [6.07, 6.45) is 2.50. The molecule has 1 fully saturated rings. The van der Waals surface area contributed by atoms with Gasteiger partial charge in [-0.15, -0.1) is 0 Å². The van der Waals surface area contributed by atoms with Crippen LogP contribution in [0.3, 0.4) is 0 Å². The second-order valence-corrected chi connectivity index (χ2v) is 6.40. The summed E-state index contributed by atoms with van der Waals surface area (Å²) in [5, 5.41) is 7.61. The predicted molar refractivity (Wildman–Crippen MR) is 94.3 cm³/mol. The average Bonchev–Trinajstić information content (AvgIpc) is 2.95. The van der Waals surface area contributed by atoms with Gasteiger partial charge in [-0.3, -0.25) is 0 Å². The number of likely N-dealkylation sites (tertiary alicyclic amines) is 1. The highest BCUT2D eigenvalue weighted by atomic mass is 35.5. The molecule has 3 rings (SSSR count). The van der Waals surface area contributed by atoms with Crippen LogP contribution in [-0.2, 0) is 6.42 Å². The molecule has 2 aromatic rings. The summed E-state index contributed by atoms with van der Waals surface area (Å²) >= 11 is 5.94. The summed E-state index contributed by atoms with van der Waals surface area (Å²) in [7, 11) is 0. The molecule has 1 aliphatic heterocycles. The maximum absolute atomic E-state index is 12.4. The third-order valence-electron chi connectivity index (χ3n) is 4.45. The molecule has 1 aromatic heterocycles. The number of nitrogens with one attached hydrogen (secondary N) is 1. The maximum atomic E-state index is 12.4. The molecule has 1 saturated heterocycles. The van der Waals surface area contributed by atoms with Gasteiger partial charge in [0, 0.05) is 35.3 Å². The quantitative estimate of drug-likeness (QED) is 0.881. The second-order valence-electron chi connectivity index (χ2n) is 5.97. The Morgan fingerprint density at radius 2 is 2.21 bits per heavy atom. The third-order valence-corrected chi connectivity index (χ3v) is 4.68. The molecule has 0 bridgehead atoms. The lowest BCUT2D eigenvalue weighted by Gasteiger charge is -2.31. The monoisotopic (exact) mass is 348 g/mol. The smallest absolute Gasteiger partial charge is 0.321 e. The van der Waals surface area contributed by atoms with Crippen LogP contribution in [0, 0.1) is 0 Å². The van der Waals surface area contributed by atoms with Gasteiger partial charge in [0.05, 0.1) is 5.69 Å². The molecule has 0 aliphatic carbocycles. The van der Waals surface area contributed by atoms with E-state index in [1.54, 1.807) is 12.1 Å². The van der Waals surface area contributed by atoms with Gasteiger partial charge in [-0.25, -0.2) is 4.79 Å². The fourth-order valence-corrected chi connectivity index (χ4v) is 3.33. The van der Waals surface area contributed by atoms with E-state index in [0.29, 0.717) is 29.7 Å². The van der Waals surface area contributed by atoms with Crippen molar-refractivity contribution in [2.45, 2.75) is 32.1 Å². The van der Waals surface area contributed by atoms with Crippen molar-refractivity contribution in [3.8, 4) is 0 Å². The molecular formula is C17H21ClN4O2. The number of benzene rings is 1. The molecule has 0 unspecified atom stereocenters. The summed E-state index contributed by atoms with van der Waals surface area (Å²) in [6.45, 7) is 3.39. The van der Waals surface area contributed by atoms with Crippen LogP contribution in [0.15, 0.2) is 28.8 Å². The number of carbonyl (C=O) groups excluding carboxylic acids is 1. The molecule has 3 N–H and O–H groups in total. The Hall–Kier alpha value is -2.21. The first-order valence-corrected chi connectivity index (χ1v) is 8.51. The zero-order chi connectivity index (χ0) is 17.1. The second kappa shape index (κ2) is 7.13. The highest BCUT2D eigenvalue weighted by Crippen LogP contribution is 2.32. The molecule has 1 aromatic carbocycles. The van der Waals surface area contributed by atoms with Crippen LogP contribution in [0.25, 0.3) is 0 Å². The third kappa shape index (κ3) is 3.48. The summed E-state index contributed by atoms with van der Waals surface area (Å²) in [4.78, 5) is 14.2. The Morgan fingerprint density at radius 1 is 1.46 bits per heavy atom. The van der Waals surface area contributed by atoms with E-state index in [9.17, 15) is 4.79 Å². The number of nitrogens with zero attached hydrogens (tertiary/aromatic N) is 2. The first-order valence-electron chi connectivity index (χ1n) is 8.14. The average molecular weight is 349 g/mol. The number of anilines is 2. The van der Waals surface area contributed by atoms with Gasteiger partial charge in [0.2, 0.25) is 5.88 Å². The zero-order valence-corrected chi connectivity index (χ0v) is 14.3. The molecule has 7 heteroatoms. The fraction of sp³-hybridized carbons (Fsp3) is 0.412. The Morgan fingerprint density at radius 3 is 2.88 bits per heavy atom. The Kier molecular flexibility index (Phi) is 4.94. The molecule has 0 saturated carbocycles.